The van der Waals surface area contributed by atoms with Gasteiger partial charge in [0.25, 0.3) is 5.91 Å². The number of hydrogen-bond acceptors (Lipinski definition) is 6. The zero-order valence-electron chi connectivity index (χ0n) is 16.4. The van der Waals surface area contributed by atoms with Gasteiger partial charge in [0.1, 0.15) is 11.3 Å². The molecule has 2 aliphatic heterocycles. The van der Waals surface area contributed by atoms with Crippen LogP contribution in [0.15, 0.2) is 30.6 Å². The molecule has 1 atom stereocenters. The van der Waals surface area contributed by atoms with Crippen LogP contribution in [0.25, 0.3) is 0 Å². The van der Waals surface area contributed by atoms with E-state index in [1.165, 1.54) is 18.0 Å². The standard InChI is InChI=1S/C21H22N4O4/c1-3-20(2)17(26)25(19(27)24-20)14-9-22-18(23-10-14)29-15-6-4-5-13-11-28-12-21(7-8-21)16(13)15/h4-6,9-10H,3,7-8,11-12H2,1-2H3,(H,24,27)/t20-/m1/s1. The average Bonchev–Trinajstić information content (AvgIpc) is 3.44. The molecule has 3 aliphatic rings. The molecular formula is C21H22N4O4. The Labute approximate surface area is 168 Å². The lowest BCUT2D eigenvalue weighted by Crippen LogP contribution is -2.43. The predicted molar refractivity (Wildman–Crippen MR) is 104 cm³/mol. The Bertz CT molecular complexity index is 1000. The second-order valence-corrected chi connectivity index (χ2v) is 8.15. The van der Waals surface area contributed by atoms with Crippen LogP contribution in [0.5, 0.6) is 11.8 Å². The van der Waals surface area contributed by atoms with Crippen LogP contribution in [-0.2, 0) is 21.6 Å². The molecule has 0 radical (unpaired) electrons. The number of ether oxygens (including phenoxy) is 2. The van der Waals surface area contributed by atoms with Crippen molar-refractivity contribution in [3.63, 3.8) is 0 Å². The Morgan fingerprint density at radius 3 is 2.66 bits per heavy atom. The highest BCUT2D eigenvalue weighted by Gasteiger charge is 2.50. The number of benzene rings is 1. The first-order valence-corrected chi connectivity index (χ1v) is 9.82. The Hall–Kier alpha value is -3.00. The van der Waals surface area contributed by atoms with Gasteiger partial charge in [0.05, 0.1) is 31.3 Å². The van der Waals surface area contributed by atoms with Gasteiger partial charge in [-0.2, -0.15) is 0 Å². The lowest BCUT2D eigenvalue weighted by atomic mass is 9.89. The molecule has 8 heteroatoms. The van der Waals surface area contributed by atoms with E-state index in [4.69, 9.17) is 9.47 Å². The van der Waals surface area contributed by atoms with E-state index in [0.29, 0.717) is 25.3 Å². The fourth-order valence-corrected chi connectivity index (χ4v) is 4.09. The van der Waals surface area contributed by atoms with Crippen LogP contribution in [0.1, 0.15) is 44.2 Å². The number of carbonyl (C=O) groups excluding carboxylic acids is 2. The highest BCUT2D eigenvalue weighted by atomic mass is 16.5. The van der Waals surface area contributed by atoms with Crippen LogP contribution >= 0.6 is 0 Å². The molecule has 8 nitrogen and oxygen atoms in total. The monoisotopic (exact) mass is 394 g/mol. The van der Waals surface area contributed by atoms with Crippen LogP contribution < -0.4 is 15.0 Å². The van der Waals surface area contributed by atoms with E-state index in [1.54, 1.807) is 6.92 Å². The van der Waals surface area contributed by atoms with E-state index in [2.05, 4.69) is 21.4 Å². The van der Waals surface area contributed by atoms with Crippen molar-refractivity contribution in [3.8, 4) is 11.8 Å². The van der Waals surface area contributed by atoms with Crippen LogP contribution in [0.2, 0.25) is 0 Å². The van der Waals surface area contributed by atoms with E-state index < -0.39 is 11.6 Å². The Morgan fingerprint density at radius 1 is 1.24 bits per heavy atom. The molecule has 1 spiro atoms. The molecule has 150 valence electrons. The van der Waals surface area contributed by atoms with Gasteiger partial charge in [-0.05, 0) is 37.8 Å². The average molecular weight is 394 g/mol. The highest BCUT2D eigenvalue weighted by molar-refractivity contribution is 6.23. The Morgan fingerprint density at radius 2 is 2.00 bits per heavy atom. The van der Waals surface area contributed by atoms with Crippen molar-refractivity contribution in [2.45, 2.75) is 50.7 Å². The molecular weight excluding hydrogens is 372 g/mol. The van der Waals surface area contributed by atoms with Crippen molar-refractivity contribution in [3.05, 3.63) is 41.7 Å². The van der Waals surface area contributed by atoms with Gasteiger partial charge >= 0.3 is 12.0 Å². The minimum absolute atomic E-state index is 0.0504. The molecule has 3 heterocycles. The number of imide groups is 1. The summed E-state index contributed by atoms with van der Waals surface area (Å²) < 4.78 is 11.7. The molecule has 2 fully saturated rings. The van der Waals surface area contributed by atoms with E-state index in [0.717, 1.165) is 29.1 Å². The summed E-state index contributed by atoms with van der Waals surface area (Å²) >= 11 is 0. The molecule has 3 amide bonds. The number of fused-ring (bicyclic) bond motifs is 2. The first-order chi connectivity index (χ1) is 14.0. The Balaban J connectivity index is 1.41. The third-order valence-electron chi connectivity index (χ3n) is 6.17. The zero-order chi connectivity index (χ0) is 20.2. The lowest BCUT2D eigenvalue weighted by Gasteiger charge is -2.27. The second-order valence-electron chi connectivity index (χ2n) is 8.15. The highest BCUT2D eigenvalue weighted by Crippen LogP contribution is 2.55. The molecule has 1 aromatic heterocycles. The van der Waals surface area contributed by atoms with Crippen LogP contribution in [0.4, 0.5) is 10.5 Å². The van der Waals surface area contributed by atoms with Gasteiger partial charge in [0.15, 0.2) is 0 Å². The molecule has 1 aromatic carbocycles. The molecule has 1 saturated carbocycles. The van der Waals surface area contributed by atoms with Crippen molar-refractivity contribution in [2.24, 2.45) is 0 Å². The summed E-state index contributed by atoms with van der Waals surface area (Å²) in [6.45, 7) is 4.86. The molecule has 1 saturated heterocycles. The summed E-state index contributed by atoms with van der Waals surface area (Å²) in [6.07, 6.45) is 5.55. The van der Waals surface area contributed by atoms with Crippen molar-refractivity contribution in [1.29, 1.82) is 0 Å². The third-order valence-corrected chi connectivity index (χ3v) is 6.17. The van der Waals surface area contributed by atoms with Gasteiger partial charge < -0.3 is 14.8 Å². The van der Waals surface area contributed by atoms with Gasteiger partial charge in [-0.25, -0.2) is 19.7 Å². The number of hydrogen-bond donors (Lipinski definition) is 1. The smallest absolute Gasteiger partial charge is 0.329 e. The number of aromatic nitrogens is 2. The topological polar surface area (TPSA) is 93.7 Å². The third kappa shape index (κ3) is 2.78. The van der Waals surface area contributed by atoms with Crippen LogP contribution in [0, 0.1) is 0 Å². The molecule has 1 N–H and O–H groups in total. The minimum atomic E-state index is -0.907. The van der Waals surface area contributed by atoms with E-state index >= 15 is 0 Å². The molecule has 1 aliphatic carbocycles. The lowest BCUT2D eigenvalue weighted by molar-refractivity contribution is -0.121. The maximum atomic E-state index is 12.6. The second kappa shape index (κ2) is 6.25. The minimum Gasteiger partial charge on any atom is -0.424 e. The summed E-state index contributed by atoms with van der Waals surface area (Å²) in [4.78, 5) is 34.5. The molecule has 2 aromatic rings. The number of amides is 3. The zero-order valence-corrected chi connectivity index (χ0v) is 16.4. The number of urea groups is 1. The van der Waals surface area contributed by atoms with E-state index in [-0.39, 0.29) is 17.3 Å². The van der Waals surface area contributed by atoms with Gasteiger partial charge in [-0.15, -0.1) is 0 Å². The SMILES string of the molecule is CC[C@@]1(C)NC(=O)N(c2cnc(Oc3cccc4c3C3(CC3)COC4)nc2)C1=O. The first kappa shape index (κ1) is 18.1. The number of anilines is 1. The fraction of sp³-hybridized carbons (Fsp3) is 0.429. The summed E-state index contributed by atoms with van der Waals surface area (Å²) in [6, 6.07) is 5.63. The van der Waals surface area contributed by atoms with Crippen LogP contribution in [0.3, 0.4) is 0 Å². The fourth-order valence-electron chi connectivity index (χ4n) is 4.09. The molecule has 29 heavy (non-hydrogen) atoms. The van der Waals surface area contributed by atoms with Gasteiger partial charge in [-0.1, -0.05) is 19.1 Å². The molecule has 0 unspecified atom stereocenters. The molecule has 0 bridgehead atoms. The number of nitrogens with one attached hydrogen (secondary N) is 1. The first-order valence-electron chi connectivity index (χ1n) is 9.82. The maximum absolute atomic E-state index is 12.6. The van der Waals surface area contributed by atoms with Crippen molar-refractivity contribution < 1.29 is 19.1 Å². The predicted octanol–water partition coefficient (Wildman–Crippen LogP) is 3.06. The summed E-state index contributed by atoms with van der Waals surface area (Å²) in [7, 11) is 0. The van der Waals surface area contributed by atoms with Gasteiger partial charge in [0.2, 0.25) is 0 Å². The summed E-state index contributed by atoms with van der Waals surface area (Å²) in [5.41, 5.74) is 1.79. The quantitative estimate of drug-likeness (QED) is 0.801. The van der Waals surface area contributed by atoms with E-state index in [1.807, 2.05) is 19.1 Å². The number of rotatable bonds is 4. The van der Waals surface area contributed by atoms with Crippen molar-refractivity contribution in [1.82, 2.24) is 15.3 Å². The Kier molecular flexibility index (Phi) is 3.89. The maximum Gasteiger partial charge on any atom is 0.329 e. The van der Waals surface area contributed by atoms with Crippen molar-refractivity contribution in [2.75, 3.05) is 11.5 Å². The van der Waals surface area contributed by atoms with E-state index in [9.17, 15) is 9.59 Å². The number of carbonyl (C=O) groups is 2. The van der Waals surface area contributed by atoms with Gasteiger partial charge in [0, 0.05) is 11.0 Å². The normalized spacial score (nSPS) is 24.4. The van der Waals surface area contributed by atoms with Crippen LogP contribution in [-0.4, -0.2) is 34.1 Å². The summed E-state index contributed by atoms with van der Waals surface area (Å²) in [5.74, 6) is 0.430. The largest absolute Gasteiger partial charge is 0.424 e. The molecule has 5 rings (SSSR count). The number of nitrogens with zero attached hydrogens (tertiary/aromatic N) is 3. The summed E-state index contributed by atoms with van der Waals surface area (Å²) in [5, 5.41) is 2.72. The van der Waals surface area contributed by atoms with Gasteiger partial charge in [-0.3, -0.25) is 4.79 Å². The van der Waals surface area contributed by atoms with Crippen molar-refractivity contribution >= 4 is 17.6 Å².